The lowest BCUT2D eigenvalue weighted by molar-refractivity contribution is 0.258. The smallest absolute Gasteiger partial charge is 0.191 e. The van der Waals surface area contributed by atoms with E-state index in [0.717, 1.165) is 49.1 Å². The molecule has 154 valence electrons. The Kier molecular flexibility index (Phi) is 9.17. The van der Waals surface area contributed by atoms with Gasteiger partial charge in [0.2, 0.25) is 0 Å². The van der Waals surface area contributed by atoms with Crippen molar-refractivity contribution in [2.24, 2.45) is 4.99 Å². The maximum absolute atomic E-state index is 4.50. The molecular formula is C21H32IN5S. The summed E-state index contributed by atoms with van der Waals surface area (Å²) in [6.45, 7) is 9.40. The Morgan fingerprint density at radius 2 is 2.04 bits per heavy atom. The number of aryl methyl sites for hydroxylation is 2. The first kappa shape index (κ1) is 23.1. The summed E-state index contributed by atoms with van der Waals surface area (Å²) in [5.74, 6) is 0.896. The van der Waals surface area contributed by atoms with Crippen LogP contribution in [0.4, 0.5) is 0 Å². The number of rotatable bonds is 6. The number of nitrogens with one attached hydrogen (secondary N) is 2. The normalized spacial score (nSPS) is 20.1. The van der Waals surface area contributed by atoms with Crippen molar-refractivity contribution >= 4 is 41.3 Å². The second-order valence-corrected chi connectivity index (χ2v) is 8.62. The summed E-state index contributed by atoms with van der Waals surface area (Å²) in [5.41, 5.74) is 2.53. The Morgan fingerprint density at radius 1 is 1.29 bits per heavy atom. The van der Waals surface area contributed by atoms with E-state index in [1.807, 2.05) is 7.05 Å². The average molecular weight is 513 g/mol. The Bertz CT molecular complexity index is 761. The summed E-state index contributed by atoms with van der Waals surface area (Å²) in [4.78, 5) is 12.8. The zero-order valence-corrected chi connectivity index (χ0v) is 20.4. The van der Waals surface area contributed by atoms with Crippen molar-refractivity contribution in [3.05, 3.63) is 51.5 Å². The molecule has 1 aliphatic rings. The molecule has 2 heterocycles. The minimum atomic E-state index is 0. The molecule has 1 aromatic heterocycles. The lowest BCUT2D eigenvalue weighted by Gasteiger charge is -2.21. The van der Waals surface area contributed by atoms with Crippen LogP contribution in [0.3, 0.4) is 0 Å². The van der Waals surface area contributed by atoms with E-state index in [1.165, 1.54) is 10.4 Å². The molecule has 1 fully saturated rings. The standard InChI is InChI=1S/C21H31N5S.HI/c1-15-12-19(14-26(15)13-18-8-6-5-7-9-18)25-21(22-4)23-11-10-20-16(2)24-17(3)27-20;/h5-9,15,19H,10-14H2,1-4H3,(H2,22,23,25);1H. The van der Waals surface area contributed by atoms with Crippen molar-refractivity contribution in [3.63, 3.8) is 0 Å². The molecule has 28 heavy (non-hydrogen) atoms. The first-order valence-electron chi connectivity index (χ1n) is 9.73. The number of likely N-dealkylation sites (tertiary alicyclic amines) is 1. The van der Waals surface area contributed by atoms with Crippen LogP contribution in [0.25, 0.3) is 0 Å². The molecule has 3 rings (SSSR count). The predicted molar refractivity (Wildman–Crippen MR) is 130 cm³/mol. The van der Waals surface area contributed by atoms with Gasteiger partial charge in [-0.2, -0.15) is 0 Å². The summed E-state index contributed by atoms with van der Waals surface area (Å²) in [6, 6.07) is 11.7. The molecule has 1 aromatic carbocycles. The summed E-state index contributed by atoms with van der Waals surface area (Å²) >= 11 is 1.79. The number of thiazole rings is 1. The highest BCUT2D eigenvalue weighted by Crippen LogP contribution is 2.20. The predicted octanol–water partition coefficient (Wildman–Crippen LogP) is 3.75. The molecule has 7 heteroatoms. The largest absolute Gasteiger partial charge is 0.356 e. The molecule has 0 spiro atoms. The Hall–Kier alpha value is -1.19. The summed E-state index contributed by atoms with van der Waals surface area (Å²) in [5, 5.41) is 8.20. The molecule has 0 bridgehead atoms. The van der Waals surface area contributed by atoms with E-state index >= 15 is 0 Å². The zero-order valence-electron chi connectivity index (χ0n) is 17.2. The van der Waals surface area contributed by atoms with Gasteiger partial charge in [0.25, 0.3) is 0 Å². The van der Waals surface area contributed by atoms with Crippen molar-refractivity contribution in [1.29, 1.82) is 0 Å². The number of aromatic nitrogens is 1. The molecule has 1 aliphatic heterocycles. The fourth-order valence-electron chi connectivity index (χ4n) is 3.73. The molecule has 2 atom stereocenters. The molecule has 5 nitrogen and oxygen atoms in total. The third kappa shape index (κ3) is 6.42. The second-order valence-electron chi connectivity index (χ2n) is 7.33. The number of hydrogen-bond acceptors (Lipinski definition) is 4. The minimum absolute atomic E-state index is 0. The number of benzene rings is 1. The summed E-state index contributed by atoms with van der Waals surface area (Å²) in [6.07, 6.45) is 2.12. The highest BCUT2D eigenvalue weighted by molar-refractivity contribution is 14.0. The number of hydrogen-bond donors (Lipinski definition) is 2. The zero-order chi connectivity index (χ0) is 19.2. The van der Waals surface area contributed by atoms with E-state index in [9.17, 15) is 0 Å². The van der Waals surface area contributed by atoms with E-state index in [0.29, 0.717) is 12.1 Å². The van der Waals surface area contributed by atoms with Gasteiger partial charge in [-0.1, -0.05) is 30.3 Å². The molecule has 2 N–H and O–H groups in total. The van der Waals surface area contributed by atoms with Crippen LogP contribution in [-0.4, -0.2) is 48.1 Å². The van der Waals surface area contributed by atoms with E-state index in [4.69, 9.17) is 0 Å². The molecule has 0 amide bonds. The molecule has 2 aromatic rings. The summed E-state index contributed by atoms with van der Waals surface area (Å²) < 4.78 is 0. The lowest BCUT2D eigenvalue weighted by atomic mass is 10.2. The number of nitrogens with zero attached hydrogens (tertiary/aromatic N) is 3. The van der Waals surface area contributed by atoms with Crippen LogP contribution in [0.1, 0.15) is 34.5 Å². The van der Waals surface area contributed by atoms with Crippen molar-refractivity contribution in [3.8, 4) is 0 Å². The van der Waals surface area contributed by atoms with Gasteiger partial charge in [0.1, 0.15) is 0 Å². The van der Waals surface area contributed by atoms with Crippen LogP contribution in [0.15, 0.2) is 35.3 Å². The third-order valence-electron chi connectivity index (χ3n) is 5.14. The van der Waals surface area contributed by atoms with Crippen LogP contribution >= 0.6 is 35.3 Å². The molecule has 2 unspecified atom stereocenters. The first-order valence-corrected chi connectivity index (χ1v) is 10.5. The quantitative estimate of drug-likeness (QED) is 0.351. The van der Waals surface area contributed by atoms with Crippen molar-refractivity contribution in [2.45, 2.75) is 52.2 Å². The lowest BCUT2D eigenvalue weighted by Crippen LogP contribution is -2.45. The number of aliphatic imine (C=N–C) groups is 1. The van der Waals surface area contributed by atoms with Gasteiger partial charge in [0.05, 0.1) is 10.7 Å². The van der Waals surface area contributed by atoms with Gasteiger partial charge < -0.3 is 10.6 Å². The fraction of sp³-hybridized carbons (Fsp3) is 0.524. The first-order chi connectivity index (χ1) is 13.0. The second kappa shape index (κ2) is 11.1. The molecule has 1 saturated heterocycles. The average Bonchev–Trinajstić information content (AvgIpc) is 3.16. The molecule has 0 saturated carbocycles. The van der Waals surface area contributed by atoms with Crippen LogP contribution in [0.2, 0.25) is 0 Å². The minimum Gasteiger partial charge on any atom is -0.356 e. The van der Waals surface area contributed by atoms with E-state index < -0.39 is 0 Å². The van der Waals surface area contributed by atoms with Crippen LogP contribution < -0.4 is 10.6 Å². The monoisotopic (exact) mass is 513 g/mol. The van der Waals surface area contributed by atoms with Gasteiger partial charge in [0.15, 0.2) is 5.96 Å². The topological polar surface area (TPSA) is 52.6 Å². The SMILES string of the molecule is CN=C(NCCc1sc(C)nc1C)NC1CC(C)N(Cc2ccccc2)C1.I. The number of guanidine groups is 1. The van der Waals surface area contributed by atoms with Gasteiger partial charge >= 0.3 is 0 Å². The maximum atomic E-state index is 4.50. The fourth-order valence-corrected chi connectivity index (χ4v) is 4.67. The molecule has 0 radical (unpaired) electrons. The Morgan fingerprint density at radius 3 is 2.68 bits per heavy atom. The van der Waals surface area contributed by atoms with Crippen LogP contribution in [0.5, 0.6) is 0 Å². The molecule has 0 aliphatic carbocycles. The third-order valence-corrected chi connectivity index (χ3v) is 6.27. The summed E-state index contributed by atoms with van der Waals surface area (Å²) in [7, 11) is 1.84. The highest BCUT2D eigenvalue weighted by Gasteiger charge is 2.29. The Labute approximate surface area is 190 Å². The van der Waals surface area contributed by atoms with E-state index in [2.05, 4.69) is 76.6 Å². The van der Waals surface area contributed by atoms with Gasteiger partial charge in [-0.05, 0) is 32.8 Å². The van der Waals surface area contributed by atoms with Crippen LogP contribution in [0, 0.1) is 13.8 Å². The van der Waals surface area contributed by atoms with E-state index in [1.54, 1.807) is 11.3 Å². The van der Waals surface area contributed by atoms with Crippen molar-refractivity contribution < 1.29 is 0 Å². The van der Waals surface area contributed by atoms with Gasteiger partial charge in [-0.15, -0.1) is 35.3 Å². The van der Waals surface area contributed by atoms with E-state index in [-0.39, 0.29) is 24.0 Å². The van der Waals surface area contributed by atoms with Gasteiger partial charge in [-0.3, -0.25) is 9.89 Å². The van der Waals surface area contributed by atoms with Crippen molar-refractivity contribution in [2.75, 3.05) is 20.1 Å². The van der Waals surface area contributed by atoms with Crippen molar-refractivity contribution in [1.82, 2.24) is 20.5 Å². The maximum Gasteiger partial charge on any atom is 0.191 e. The van der Waals surface area contributed by atoms with Gasteiger partial charge in [0, 0.05) is 50.1 Å². The van der Waals surface area contributed by atoms with Crippen LogP contribution in [-0.2, 0) is 13.0 Å². The highest BCUT2D eigenvalue weighted by atomic mass is 127. The Balaban J connectivity index is 0.00000280. The molecular weight excluding hydrogens is 481 g/mol. The van der Waals surface area contributed by atoms with Gasteiger partial charge in [-0.25, -0.2) is 4.98 Å². The number of halogens is 1.